The van der Waals surface area contributed by atoms with Gasteiger partial charge in [-0.25, -0.2) is 9.78 Å². The van der Waals surface area contributed by atoms with E-state index in [2.05, 4.69) is 10.1 Å². The van der Waals surface area contributed by atoms with E-state index in [9.17, 15) is 9.59 Å². The third-order valence-corrected chi connectivity index (χ3v) is 5.01. The molecule has 0 unspecified atom stereocenters. The molecule has 0 bridgehead atoms. The lowest BCUT2D eigenvalue weighted by atomic mass is 10.1. The first-order chi connectivity index (χ1) is 14.5. The number of nitrogens with zero attached hydrogens (tertiary/aromatic N) is 2. The van der Waals surface area contributed by atoms with E-state index in [-0.39, 0.29) is 12.6 Å². The SMILES string of the molecule is COC(=O)Nc1ccc2ccn3c(COC(C)=O)c(-c4ccccc4Cl)nc3c2c1. The Labute approximate surface area is 177 Å². The summed E-state index contributed by atoms with van der Waals surface area (Å²) in [7, 11) is 1.31. The fraction of sp³-hybridized carbons (Fsp3) is 0.136. The maximum Gasteiger partial charge on any atom is 0.411 e. The van der Waals surface area contributed by atoms with Crippen LogP contribution in [0.4, 0.5) is 10.5 Å². The van der Waals surface area contributed by atoms with Gasteiger partial charge in [-0.15, -0.1) is 0 Å². The van der Waals surface area contributed by atoms with Crippen molar-refractivity contribution in [3.8, 4) is 11.3 Å². The molecular weight excluding hydrogens is 406 g/mol. The van der Waals surface area contributed by atoms with E-state index < -0.39 is 6.09 Å². The summed E-state index contributed by atoms with van der Waals surface area (Å²) in [6.45, 7) is 1.40. The number of nitrogens with one attached hydrogen (secondary N) is 1. The molecule has 2 heterocycles. The molecule has 0 aliphatic heterocycles. The molecule has 2 aromatic heterocycles. The Kier molecular flexibility index (Phi) is 5.29. The summed E-state index contributed by atoms with van der Waals surface area (Å²) in [4.78, 5) is 27.9. The summed E-state index contributed by atoms with van der Waals surface area (Å²) in [6, 6.07) is 14.8. The molecule has 1 amide bonds. The molecule has 0 aliphatic carbocycles. The number of esters is 1. The van der Waals surface area contributed by atoms with Gasteiger partial charge in [-0.1, -0.05) is 35.9 Å². The Morgan fingerprint density at radius 2 is 1.97 bits per heavy atom. The third-order valence-electron chi connectivity index (χ3n) is 4.68. The molecule has 8 heteroatoms. The van der Waals surface area contributed by atoms with Gasteiger partial charge in [0.1, 0.15) is 12.3 Å². The van der Waals surface area contributed by atoms with Crippen LogP contribution in [0.25, 0.3) is 27.7 Å². The van der Waals surface area contributed by atoms with Crippen molar-refractivity contribution in [3.63, 3.8) is 0 Å². The van der Waals surface area contributed by atoms with Gasteiger partial charge in [0.25, 0.3) is 0 Å². The van der Waals surface area contributed by atoms with Crippen molar-refractivity contribution in [1.82, 2.24) is 9.38 Å². The van der Waals surface area contributed by atoms with E-state index in [1.165, 1.54) is 14.0 Å². The van der Waals surface area contributed by atoms with Crippen molar-refractivity contribution >= 4 is 45.8 Å². The monoisotopic (exact) mass is 423 g/mol. The number of benzene rings is 2. The number of carbonyl (C=O) groups is 2. The number of hydrogen-bond donors (Lipinski definition) is 1. The van der Waals surface area contributed by atoms with E-state index >= 15 is 0 Å². The fourth-order valence-electron chi connectivity index (χ4n) is 3.29. The van der Waals surface area contributed by atoms with Gasteiger partial charge in [-0.05, 0) is 29.7 Å². The number of hydrogen-bond acceptors (Lipinski definition) is 5. The fourth-order valence-corrected chi connectivity index (χ4v) is 3.52. The lowest BCUT2D eigenvalue weighted by Crippen LogP contribution is -2.10. The lowest BCUT2D eigenvalue weighted by Gasteiger charge is -2.08. The molecule has 0 aliphatic rings. The number of halogens is 1. The predicted octanol–water partition coefficient (Wildman–Crippen LogP) is 5.05. The van der Waals surface area contributed by atoms with E-state index in [4.69, 9.17) is 21.3 Å². The van der Waals surface area contributed by atoms with Crippen LogP contribution in [0.15, 0.2) is 54.7 Å². The van der Waals surface area contributed by atoms with Gasteiger partial charge in [0.05, 0.1) is 23.5 Å². The summed E-state index contributed by atoms with van der Waals surface area (Å²) in [5.74, 6) is -0.389. The molecule has 1 N–H and O–H groups in total. The second kappa shape index (κ2) is 8.04. The average molecular weight is 424 g/mol. The number of carbonyl (C=O) groups excluding carboxylic acids is 2. The molecule has 0 radical (unpaired) electrons. The zero-order valence-corrected chi connectivity index (χ0v) is 17.1. The minimum absolute atomic E-state index is 0.0443. The highest BCUT2D eigenvalue weighted by molar-refractivity contribution is 6.33. The molecule has 2 aromatic carbocycles. The van der Waals surface area contributed by atoms with Crippen molar-refractivity contribution < 1.29 is 19.1 Å². The zero-order valence-electron chi connectivity index (χ0n) is 16.3. The van der Waals surface area contributed by atoms with Crippen LogP contribution in [-0.4, -0.2) is 28.6 Å². The number of rotatable bonds is 4. The molecule has 0 spiro atoms. The molecule has 0 fully saturated rings. The Morgan fingerprint density at radius 1 is 1.17 bits per heavy atom. The highest BCUT2D eigenvalue weighted by Crippen LogP contribution is 2.33. The molecule has 0 saturated carbocycles. The van der Waals surface area contributed by atoms with Crippen LogP contribution in [-0.2, 0) is 20.9 Å². The van der Waals surface area contributed by atoms with Crippen LogP contribution < -0.4 is 5.32 Å². The second-order valence-corrected chi connectivity index (χ2v) is 7.00. The third kappa shape index (κ3) is 3.67. The van der Waals surface area contributed by atoms with Gasteiger partial charge in [0.2, 0.25) is 0 Å². The predicted molar refractivity (Wildman–Crippen MR) is 115 cm³/mol. The van der Waals surface area contributed by atoms with Crippen LogP contribution in [0.2, 0.25) is 5.02 Å². The quantitative estimate of drug-likeness (QED) is 0.464. The van der Waals surface area contributed by atoms with Crippen molar-refractivity contribution in [3.05, 3.63) is 65.4 Å². The number of anilines is 1. The van der Waals surface area contributed by atoms with Crippen molar-refractivity contribution in [1.29, 1.82) is 0 Å². The normalized spacial score (nSPS) is 10.9. The van der Waals surface area contributed by atoms with Crippen molar-refractivity contribution in [2.24, 2.45) is 0 Å². The second-order valence-electron chi connectivity index (χ2n) is 6.60. The maximum absolute atomic E-state index is 11.6. The largest absolute Gasteiger partial charge is 0.459 e. The van der Waals surface area contributed by atoms with Crippen LogP contribution in [0.3, 0.4) is 0 Å². The molecule has 0 atom stereocenters. The number of methoxy groups -OCH3 is 1. The topological polar surface area (TPSA) is 81.9 Å². The minimum atomic E-state index is -0.558. The van der Waals surface area contributed by atoms with Crippen LogP contribution in [0.1, 0.15) is 12.6 Å². The first-order valence-electron chi connectivity index (χ1n) is 9.15. The van der Waals surface area contributed by atoms with Gasteiger partial charge in [0.15, 0.2) is 0 Å². The van der Waals surface area contributed by atoms with Crippen molar-refractivity contribution in [2.75, 3.05) is 12.4 Å². The number of imidazole rings is 1. The minimum Gasteiger partial charge on any atom is -0.459 e. The summed E-state index contributed by atoms with van der Waals surface area (Å²) in [5, 5.41) is 4.96. The Hall–Kier alpha value is -3.58. The number of pyridine rings is 1. The average Bonchev–Trinajstić information content (AvgIpc) is 3.11. The van der Waals surface area contributed by atoms with Crippen LogP contribution in [0, 0.1) is 0 Å². The summed E-state index contributed by atoms with van der Waals surface area (Å²) in [5.41, 5.74) is 3.29. The standard InChI is InChI=1S/C22H18ClN3O4/c1-13(27)30-12-19-20(16-5-3-4-6-18(16)23)25-21-17-11-15(24-22(28)29-2)8-7-14(17)9-10-26(19)21/h3-11H,12H2,1-2H3,(H,24,28). The summed E-state index contributed by atoms with van der Waals surface area (Å²) < 4.78 is 11.8. The first-order valence-corrected chi connectivity index (χ1v) is 9.52. The van der Waals surface area contributed by atoms with E-state index in [0.717, 1.165) is 16.3 Å². The van der Waals surface area contributed by atoms with Gasteiger partial charge in [0, 0.05) is 29.8 Å². The number of fused-ring (bicyclic) bond motifs is 3. The lowest BCUT2D eigenvalue weighted by molar-refractivity contribution is -0.142. The number of aromatic nitrogens is 2. The van der Waals surface area contributed by atoms with Crippen LogP contribution >= 0.6 is 11.6 Å². The first kappa shape index (κ1) is 19.7. The van der Waals surface area contributed by atoms with Gasteiger partial charge >= 0.3 is 12.1 Å². The van der Waals surface area contributed by atoms with Crippen LogP contribution in [0.5, 0.6) is 0 Å². The molecule has 4 aromatic rings. The molecule has 30 heavy (non-hydrogen) atoms. The maximum atomic E-state index is 11.6. The highest BCUT2D eigenvalue weighted by Gasteiger charge is 2.19. The summed E-state index contributed by atoms with van der Waals surface area (Å²) >= 11 is 6.42. The summed E-state index contributed by atoms with van der Waals surface area (Å²) in [6.07, 6.45) is 1.31. The van der Waals surface area contributed by atoms with Gasteiger partial charge < -0.3 is 9.47 Å². The molecule has 4 rings (SSSR count). The van der Waals surface area contributed by atoms with Gasteiger partial charge in [-0.2, -0.15) is 0 Å². The number of amides is 1. The molecular formula is C22H18ClN3O4. The van der Waals surface area contributed by atoms with Crippen molar-refractivity contribution in [2.45, 2.75) is 13.5 Å². The zero-order chi connectivity index (χ0) is 21.3. The Balaban J connectivity index is 1.95. The molecule has 7 nitrogen and oxygen atoms in total. The van der Waals surface area contributed by atoms with Gasteiger partial charge in [-0.3, -0.25) is 14.5 Å². The van der Waals surface area contributed by atoms with E-state index in [0.29, 0.717) is 27.7 Å². The molecule has 152 valence electrons. The Morgan fingerprint density at radius 3 is 2.70 bits per heavy atom. The van der Waals surface area contributed by atoms with E-state index in [1.807, 2.05) is 47.0 Å². The smallest absolute Gasteiger partial charge is 0.411 e. The number of ether oxygens (including phenoxy) is 2. The van der Waals surface area contributed by atoms with E-state index in [1.54, 1.807) is 12.1 Å². The molecule has 0 saturated heterocycles. The Bertz CT molecular complexity index is 1280. The highest BCUT2D eigenvalue weighted by atomic mass is 35.5.